The highest BCUT2D eigenvalue weighted by atomic mass is 19.4. The fourth-order valence-electron chi connectivity index (χ4n) is 13.8. The molecule has 3 N–H and O–H groups in total. The number of rotatable bonds is 12. The van der Waals surface area contributed by atoms with E-state index in [2.05, 4.69) is 14.2 Å². The van der Waals surface area contributed by atoms with Crippen molar-refractivity contribution in [3.63, 3.8) is 0 Å². The van der Waals surface area contributed by atoms with Crippen LogP contribution in [0.2, 0.25) is 0 Å². The van der Waals surface area contributed by atoms with Crippen molar-refractivity contribution in [3.8, 4) is 0 Å². The summed E-state index contributed by atoms with van der Waals surface area (Å²) in [6.45, 7) is -15.0. The van der Waals surface area contributed by atoms with E-state index in [4.69, 9.17) is 0 Å². The van der Waals surface area contributed by atoms with E-state index in [-0.39, 0.29) is 0 Å². The van der Waals surface area contributed by atoms with Crippen LogP contribution in [-0.2, 0) is 14.2 Å². The van der Waals surface area contributed by atoms with Gasteiger partial charge in [0.1, 0.15) is 0 Å². The van der Waals surface area contributed by atoms with Gasteiger partial charge in [-0.05, 0) is 0 Å². The summed E-state index contributed by atoms with van der Waals surface area (Å²) in [5, 5.41) is 32.6. The van der Waals surface area contributed by atoms with Gasteiger partial charge in [0, 0.05) is 0 Å². The summed E-state index contributed by atoms with van der Waals surface area (Å²) in [4.78, 5) is 0. The quantitative estimate of drug-likeness (QED) is 0.169. The molecule has 3 unspecified atom stereocenters. The van der Waals surface area contributed by atoms with Crippen LogP contribution in [0.5, 0.6) is 0 Å². The first-order valence-corrected chi connectivity index (χ1v) is 22.3. The average molecular weight is 1420 g/mol. The molecule has 518 valence electrons. The van der Waals surface area contributed by atoms with Gasteiger partial charge in [0.15, 0.2) is 0 Å². The van der Waals surface area contributed by atoms with Crippen molar-refractivity contribution in [1.82, 2.24) is 0 Å². The Hall–Kier alpha value is -3.39. The van der Waals surface area contributed by atoms with E-state index in [9.17, 15) is 41.7 Å². The third kappa shape index (κ3) is 4.54. The van der Waals surface area contributed by atoms with Crippen LogP contribution >= 0.6 is 0 Å². The Kier molecular flexibility index (Phi) is 11.9. The van der Waals surface area contributed by atoms with Crippen molar-refractivity contribution in [2.24, 2.45) is 5.41 Å². The number of alkyl halides is 45. The lowest BCUT2D eigenvalue weighted by molar-refractivity contribution is -0.617. The molecule has 0 radical (unpaired) electrons. The molecule has 0 heterocycles. The highest BCUT2D eigenvalue weighted by Gasteiger charge is 3.27. The SMILES string of the molecule is CC(C(O)COC1(F)C2(F)C(F)(F)C3(F)C(F)(F)C(F)(C2(F)F)C(F)(F)C1(F)C3(F)F)(C(O)COC1(F)C2(F)C(F)(F)C3(F)C(F)(F)C(F)(C2(F)F)C(F)(F)C1(F)C3(F)F)C(O)COC1(F)C2(F)C(F)(F)C3(F)C(F)(F)C(F)(C2(F)F)C(F)(F)C1(F)C3(F)F. The second kappa shape index (κ2) is 15.1. The minimum atomic E-state index is -8.96. The van der Waals surface area contributed by atoms with Crippen molar-refractivity contribution in [1.29, 1.82) is 0 Å². The highest BCUT2D eigenvalue weighted by Crippen LogP contribution is 2.93. The second-order valence-corrected chi connectivity index (χ2v) is 22.1. The molecule has 0 saturated heterocycles. The molecule has 12 rings (SSSR count). The Balaban J connectivity index is 1.23. The molecule has 6 nitrogen and oxygen atoms in total. The number of aliphatic hydroxyl groups is 3. The molecule has 3 atom stereocenters. The normalized spacial score (nSPS) is 53.9. The third-order valence-corrected chi connectivity index (χ3v) is 19.1. The zero-order valence-electron chi connectivity index (χ0n) is 39.9. The van der Waals surface area contributed by atoms with E-state index in [1.165, 1.54) is 0 Å². The minimum absolute atomic E-state index is 1.42. The van der Waals surface area contributed by atoms with Gasteiger partial charge in [0.05, 0.1) is 43.5 Å². The Labute approximate surface area is 452 Å². The first kappa shape index (κ1) is 69.9. The summed E-state index contributed by atoms with van der Waals surface area (Å²) in [7, 11) is 0. The van der Waals surface area contributed by atoms with Gasteiger partial charge in [-0.3, -0.25) is 0 Å². The van der Waals surface area contributed by atoms with E-state index in [1.807, 2.05) is 0 Å². The van der Waals surface area contributed by atoms with Crippen molar-refractivity contribution in [3.05, 3.63) is 0 Å². The summed E-state index contributed by atoms with van der Waals surface area (Å²) in [5.41, 5.74) is -112. The summed E-state index contributed by atoms with van der Waals surface area (Å²) < 4.78 is 708. The van der Waals surface area contributed by atoms with E-state index >= 15 is 171 Å². The number of hydrogen-bond acceptors (Lipinski definition) is 6. The van der Waals surface area contributed by atoms with E-state index in [0.29, 0.717) is 0 Å². The molecule has 89 heavy (non-hydrogen) atoms. The summed E-state index contributed by atoms with van der Waals surface area (Å²) in [6.07, 6.45) is -16.5. The van der Waals surface area contributed by atoms with Crippen molar-refractivity contribution >= 4 is 0 Å². The maximum absolute atomic E-state index is 16.8. The fraction of sp³-hybridized carbons (Fsp3) is 1.00. The first-order chi connectivity index (χ1) is 38.4. The Morgan fingerprint density at radius 2 is 0.292 bits per heavy atom. The van der Waals surface area contributed by atoms with Gasteiger partial charge in [0.25, 0.3) is 0 Å². The standard InChI is InChI=1S/C38H15F45O6/c1-8(5(84)2-87-36(81)15(45)24(57,58)9(39)21(51,52)10(40,26(15,61)62)27(63,64)16(36,46)25(9,59)60,6(85)3-88-37(82)17(47)28(65,66)11(41)22(53,54)12(42,30(17,69)70)31(71,72)18(37,48)29(11,67)68)7(86)4-89-38(83)19(49)32(73,74)13(43)23(55,56)14(44,34(19,77)78)35(79,80)20(38,50)33(13,75)76/h5-7,84-86H,2-4H2,1H3. The molecule has 12 fully saturated rings. The predicted molar refractivity (Wildman–Crippen MR) is 176 cm³/mol. The molecule has 0 aromatic rings. The number of halogens is 45. The van der Waals surface area contributed by atoms with Gasteiger partial charge >= 0.3 is 174 Å². The van der Waals surface area contributed by atoms with Crippen LogP contribution in [0.1, 0.15) is 6.92 Å². The Morgan fingerprint density at radius 1 is 0.202 bits per heavy atom. The van der Waals surface area contributed by atoms with Crippen LogP contribution < -0.4 is 0 Å². The molecule has 0 amide bonds. The molecule has 12 aliphatic rings. The maximum Gasteiger partial charge on any atom is 0.339 e. The predicted octanol–water partition coefficient (Wildman–Crippen LogP) is 11.3. The van der Waals surface area contributed by atoms with Crippen LogP contribution in [0.3, 0.4) is 0 Å². The average Bonchev–Trinajstić information content (AvgIpc) is 0.607. The maximum atomic E-state index is 16.8. The van der Waals surface area contributed by atoms with Gasteiger partial charge in [0.2, 0.25) is 0 Å². The van der Waals surface area contributed by atoms with Crippen LogP contribution in [0, 0.1) is 5.41 Å². The topological polar surface area (TPSA) is 88.4 Å². The molecule has 0 aromatic heterocycles. The summed E-state index contributed by atoms with van der Waals surface area (Å²) in [5.74, 6) is -160. The number of ether oxygens (including phenoxy) is 3. The first-order valence-electron chi connectivity index (χ1n) is 22.3. The third-order valence-electron chi connectivity index (χ3n) is 19.1. The van der Waals surface area contributed by atoms with E-state index in [0.717, 1.165) is 0 Å². The van der Waals surface area contributed by atoms with E-state index in [1.54, 1.807) is 0 Å². The number of hydrogen-bond donors (Lipinski definition) is 3. The lowest BCUT2D eigenvalue weighted by Crippen LogP contribution is -3.09. The van der Waals surface area contributed by atoms with Gasteiger partial charge in [-0.15, -0.1) is 0 Å². The van der Waals surface area contributed by atoms with Gasteiger partial charge < -0.3 is 29.5 Å². The van der Waals surface area contributed by atoms with Crippen LogP contribution in [-0.4, -0.2) is 228 Å². The zero-order valence-corrected chi connectivity index (χ0v) is 39.9. The monoisotopic (exact) mass is 1420 g/mol. The van der Waals surface area contributed by atoms with Gasteiger partial charge in [-0.2, -0.15) is 132 Å². The molecule has 0 spiro atoms. The molecule has 51 heteroatoms. The van der Waals surface area contributed by atoms with Gasteiger partial charge in [-0.1, -0.05) is 6.92 Å². The smallest absolute Gasteiger partial charge is 0.339 e. The van der Waals surface area contributed by atoms with Crippen molar-refractivity contribution < 1.29 is 227 Å². The minimum Gasteiger partial charge on any atom is -0.390 e. The second-order valence-electron chi connectivity index (χ2n) is 22.1. The van der Waals surface area contributed by atoms with Crippen LogP contribution in [0.15, 0.2) is 0 Å². The lowest BCUT2D eigenvalue weighted by Gasteiger charge is -2.74. The Morgan fingerprint density at radius 3 is 0.393 bits per heavy atom. The molecular weight excluding hydrogens is 1410 g/mol. The van der Waals surface area contributed by atoms with Gasteiger partial charge in [-0.25, -0.2) is 65.9 Å². The van der Waals surface area contributed by atoms with E-state index < -0.39 is 225 Å². The summed E-state index contributed by atoms with van der Waals surface area (Å²) in [6, 6.07) is 0. The zero-order chi connectivity index (χ0) is 70.5. The highest BCUT2D eigenvalue weighted by molar-refractivity contribution is 5.57. The molecule has 0 aliphatic heterocycles. The van der Waals surface area contributed by atoms with Crippen LogP contribution in [0.4, 0.5) is 198 Å². The largest absolute Gasteiger partial charge is 0.390 e. The Bertz CT molecular complexity index is 2520. The number of aliphatic hydroxyl groups excluding tert-OH is 3. The molecule has 12 aliphatic carbocycles. The fourth-order valence-corrected chi connectivity index (χ4v) is 13.8. The molecule has 0 aromatic carbocycles. The van der Waals surface area contributed by atoms with Crippen molar-refractivity contribution in [2.75, 3.05) is 19.8 Å². The summed E-state index contributed by atoms with van der Waals surface area (Å²) >= 11 is 0. The lowest BCUT2D eigenvalue weighted by atomic mass is 9.40. The molecule has 12 bridgehead atoms. The van der Waals surface area contributed by atoms with Crippen molar-refractivity contribution in [2.45, 2.75) is 200 Å². The van der Waals surface area contributed by atoms with Crippen LogP contribution in [0.25, 0.3) is 0 Å². The molecule has 12 saturated carbocycles. The molecular formula is C38H15F45O6.